The Kier molecular flexibility index (Phi) is 6.95. The number of benzene rings is 2. The number of halogens is 1. The van der Waals surface area contributed by atoms with Gasteiger partial charge in [0, 0.05) is 18.5 Å². The van der Waals surface area contributed by atoms with Gasteiger partial charge in [-0.1, -0.05) is 37.6 Å². The lowest BCUT2D eigenvalue weighted by Gasteiger charge is -2.34. The number of nitrogens with one attached hydrogen (secondary N) is 3. The second-order valence-corrected chi connectivity index (χ2v) is 12.3. The SMILES string of the molecule is COc1cc2c(cc1Nc1ncc(Cl)c(Nc3ccccc3S(=O)(=O)C(C)C)n1)C(C)(C)CNC2. The summed E-state index contributed by atoms with van der Waals surface area (Å²) in [6, 6.07) is 10.8. The lowest BCUT2D eigenvalue weighted by Crippen LogP contribution is -2.38. The van der Waals surface area contributed by atoms with Gasteiger partial charge in [-0.3, -0.25) is 0 Å². The summed E-state index contributed by atoms with van der Waals surface area (Å²) in [5, 5.41) is 9.46. The van der Waals surface area contributed by atoms with E-state index in [0.29, 0.717) is 17.4 Å². The largest absolute Gasteiger partial charge is 0.495 e. The molecule has 1 aliphatic rings. The van der Waals surface area contributed by atoms with Crippen molar-refractivity contribution < 1.29 is 13.2 Å². The van der Waals surface area contributed by atoms with Crippen LogP contribution in [-0.4, -0.2) is 37.3 Å². The molecular weight excluding hydrogens is 486 g/mol. The van der Waals surface area contributed by atoms with Crippen LogP contribution in [0.3, 0.4) is 0 Å². The van der Waals surface area contributed by atoms with Crippen LogP contribution in [0.2, 0.25) is 5.02 Å². The van der Waals surface area contributed by atoms with Crippen LogP contribution in [0, 0.1) is 0 Å². The van der Waals surface area contributed by atoms with E-state index >= 15 is 0 Å². The molecule has 3 aromatic rings. The maximum atomic E-state index is 12.8. The maximum absolute atomic E-state index is 12.8. The third-order valence-corrected chi connectivity index (χ3v) is 8.58. The molecule has 4 rings (SSSR count). The quantitative estimate of drug-likeness (QED) is 0.395. The van der Waals surface area contributed by atoms with Crippen molar-refractivity contribution in [2.24, 2.45) is 0 Å². The molecule has 186 valence electrons. The Morgan fingerprint density at radius 3 is 2.60 bits per heavy atom. The molecule has 10 heteroatoms. The van der Waals surface area contributed by atoms with Gasteiger partial charge in [-0.25, -0.2) is 13.4 Å². The number of ether oxygens (including phenoxy) is 1. The average Bonchev–Trinajstić information content (AvgIpc) is 2.81. The molecule has 35 heavy (non-hydrogen) atoms. The van der Waals surface area contributed by atoms with Crippen LogP contribution in [-0.2, 0) is 21.8 Å². The number of fused-ring (bicyclic) bond motifs is 1. The molecule has 0 saturated heterocycles. The van der Waals surface area contributed by atoms with Crippen LogP contribution < -0.4 is 20.7 Å². The van der Waals surface area contributed by atoms with Gasteiger partial charge in [0.1, 0.15) is 10.8 Å². The summed E-state index contributed by atoms with van der Waals surface area (Å²) < 4.78 is 31.3. The molecule has 0 atom stereocenters. The first-order valence-corrected chi connectivity index (χ1v) is 13.3. The summed E-state index contributed by atoms with van der Waals surface area (Å²) in [6.45, 7) is 9.33. The first kappa shape index (κ1) is 25.2. The van der Waals surface area contributed by atoms with E-state index in [2.05, 4.69) is 45.8 Å². The van der Waals surface area contributed by atoms with Gasteiger partial charge < -0.3 is 20.7 Å². The smallest absolute Gasteiger partial charge is 0.229 e. The Balaban J connectivity index is 1.69. The third-order valence-electron chi connectivity index (χ3n) is 6.09. The van der Waals surface area contributed by atoms with E-state index in [9.17, 15) is 8.42 Å². The molecule has 0 radical (unpaired) electrons. The van der Waals surface area contributed by atoms with E-state index in [4.69, 9.17) is 16.3 Å². The summed E-state index contributed by atoms with van der Waals surface area (Å²) >= 11 is 6.37. The van der Waals surface area contributed by atoms with E-state index in [-0.39, 0.29) is 21.2 Å². The van der Waals surface area contributed by atoms with Crippen LogP contribution in [0.5, 0.6) is 5.75 Å². The molecule has 1 aromatic heterocycles. The van der Waals surface area contributed by atoms with Crippen molar-refractivity contribution in [1.82, 2.24) is 15.3 Å². The van der Waals surface area contributed by atoms with Gasteiger partial charge in [-0.15, -0.1) is 0 Å². The van der Waals surface area contributed by atoms with E-state index in [0.717, 1.165) is 18.8 Å². The van der Waals surface area contributed by atoms with Crippen molar-refractivity contribution in [2.75, 3.05) is 24.3 Å². The fourth-order valence-corrected chi connectivity index (χ4v) is 5.44. The van der Waals surface area contributed by atoms with Crippen molar-refractivity contribution in [3.8, 4) is 5.75 Å². The maximum Gasteiger partial charge on any atom is 0.229 e. The average molecular weight is 516 g/mol. The molecule has 8 nitrogen and oxygen atoms in total. The van der Waals surface area contributed by atoms with E-state index < -0.39 is 15.1 Å². The summed E-state index contributed by atoms with van der Waals surface area (Å²) in [4.78, 5) is 9.03. The first-order chi connectivity index (χ1) is 16.5. The standard InChI is InChI=1S/C25H30ClN5O3S/c1-15(2)35(32,33)22-9-7-6-8-19(22)29-23-18(26)13-28-24(31-23)30-20-11-17-16(10-21(20)34-5)12-27-14-25(17,3)4/h6-11,13,15,27H,12,14H2,1-5H3,(H2,28,29,30,31). The van der Waals surface area contributed by atoms with Crippen LogP contribution in [0.4, 0.5) is 23.1 Å². The monoisotopic (exact) mass is 515 g/mol. The molecule has 0 fully saturated rings. The zero-order valence-electron chi connectivity index (χ0n) is 20.4. The topological polar surface area (TPSA) is 105 Å². The van der Waals surface area contributed by atoms with Gasteiger partial charge in [0.05, 0.1) is 34.8 Å². The van der Waals surface area contributed by atoms with E-state index in [1.165, 1.54) is 17.3 Å². The summed E-state index contributed by atoms with van der Waals surface area (Å²) in [5.74, 6) is 1.26. The number of sulfone groups is 1. The van der Waals surface area contributed by atoms with Gasteiger partial charge in [0.15, 0.2) is 15.7 Å². The fourth-order valence-electron chi connectivity index (χ4n) is 4.10. The number of methoxy groups -OCH3 is 1. The molecule has 3 N–H and O–H groups in total. The van der Waals surface area contributed by atoms with Crippen molar-refractivity contribution in [1.29, 1.82) is 0 Å². The number of anilines is 4. The normalized spacial score (nSPS) is 14.9. The molecule has 1 aliphatic heterocycles. The number of nitrogens with zero attached hydrogens (tertiary/aromatic N) is 2. The van der Waals surface area contributed by atoms with E-state index in [1.54, 1.807) is 45.2 Å². The second-order valence-electron chi connectivity index (χ2n) is 9.43. The first-order valence-electron chi connectivity index (χ1n) is 11.3. The van der Waals surface area contributed by atoms with Crippen molar-refractivity contribution in [3.63, 3.8) is 0 Å². The van der Waals surface area contributed by atoms with Crippen LogP contribution in [0.15, 0.2) is 47.5 Å². The predicted molar refractivity (Wildman–Crippen MR) is 140 cm³/mol. The van der Waals surface area contributed by atoms with Crippen molar-refractivity contribution in [3.05, 3.63) is 58.7 Å². The lowest BCUT2D eigenvalue weighted by molar-refractivity contribution is 0.408. The molecule has 0 bridgehead atoms. The van der Waals surface area contributed by atoms with Crippen LogP contribution >= 0.6 is 11.6 Å². The predicted octanol–water partition coefficient (Wildman–Crippen LogP) is 5.19. The Morgan fingerprint density at radius 1 is 1.14 bits per heavy atom. The van der Waals surface area contributed by atoms with E-state index in [1.807, 2.05) is 6.07 Å². The highest BCUT2D eigenvalue weighted by atomic mass is 35.5. The number of rotatable bonds is 7. The fraction of sp³-hybridized carbons (Fsp3) is 0.360. The summed E-state index contributed by atoms with van der Waals surface area (Å²) in [6.07, 6.45) is 1.47. The number of hydrogen-bond donors (Lipinski definition) is 3. The minimum atomic E-state index is -3.51. The minimum absolute atomic E-state index is 0.0462. The van der Waals surface area contributed by atoms with Crippen LogP contribution in [0.25, 0.3) is 0 Å². The Bertz CT molecular complexity index is 1360. The Morgan fingerprint density at radius 2 is 1.89 bits per heavy atom. The molecule has 0 aliphatic carbocycles. The second kappa shape index (κ2) is 9.64. The molecule has 0 unspecified atom stereocenters. The molecular formula is C25H30ClN5O3S. The summed E-state index contributed by atoms with van der Waals surface area (Å²) in [7, 11) is -1.89. The van der Waals surface area contributed by atoms with Crippen molar-refractivity contribution in [2.45, 2.75) is 49.8 Å². The third kappa shape index (κ3) is 5.07. The molecule has 2 aromatic carbocycles. The zero-order valence-corrected chi connectivity index (χ0v) is 22.0. The Labute approximate surface area is 211 Å². The zero-order chi connectivity index (χ0) is 25.4. The highest BCUT2D eigenvalue weighted by Crippen LogP contribution is 2.38. The van der Waals surface area contributed by atoms with Gasteiger partial charge in [0.2, 0.25) is 5.95 Å². The molecule has 2 heterocycles. The number of hydrogen-bond acceptors (Lipinski definition) is 8. The minimum Gasteiger partial charge on any atom is -0.495 e. The molecule has 0 amide bonds. The number of aromatic nitrogens is 2. The van der Waals surface area contributed by atoms with Crippen LogP contribution in [0.1, 0.15) is 38.8 Å². The molecule has 0 spiro atoms. The summed E-state index contributed by atoms with van der Waals surface area (Å²) in [5.41, 5.74) is 3.49. The van der Waals surface area contributed by atoms with Gasteiger partial charge in [-0.05, 0) is 49.2 Å². The van der Waals surface area contributed by atoms with Gasteiger partial charge >= 0.3 is 0 Å². The molecule has 0 saturated carbocycles. The Hall–Kier alpha value is -2.88. The highest BCUT2D eigenvalue weighted by Gasteiger charge is 2.29. The van der Waals surface area contributed by atoms with Crippen molar-refractivity contribution >= 4 is 44.6 Å². The van der Waals surface area contributed by atoms with Gasteiger partial charge in [-0.2, -0.15) is 4.98 Å². The lowest BCUT2D eigenvalue weighted by atomic mass is 9.79. The highest BCUT2D eigenvalue weighted by molar-refractivity contribution is 7.92. The number of para-hydroxylation sites is 1. The van der Waals surface area contributed by atoms with Gasteiger partial charge in [0.25, 0.3) is 0 Å².